The molecule has 110 valence electrons. The lowest BCUT2D eigenvalue weighted by molar-refractivity contribution is -0.132. The molecule has 1 aromatic carbocycles. The van der Waals surface area contributed by atoms with Gasteiger partial charge in [-0.1, -0.05) is 12.1 Å². The summed E-state index contributed by atoms with van der Waals surface area (Å²) >= 11 is 0. The van der Waals surface area contributed by atoms with E-state index in [0.717, 1.165) is 23.8 Å². The number of carbonyl (C=O) groups excluding carboxylic acids is 2. The molecule has 0 aromatic heterocycles. The highest BCUT2D eigenvalue weighted by molar-refractivity contribution is 5.94. The number of nitrogens with one attached hydrogen (secondary N) is 1. The maximum Gasteiger partial charge on any atom is 0.228 e. The summed E-state index contributed by atoms with van der Waals surface area (Å²) in [4.78, 5) is 23.5. The van der Waals surface area contributed by atoms with Crippen LogP contribution in [-0.4, -0.2) is 12.2 Å². The number of hydrogen-bond donors (Lipinski definition) is 1. The quantitative estimate of drug-likeness (QED) is 0.863. The molecule has 0 aliphatic heterocycles. The zero-order chi connectivity index (χ0) is 14.4. The van der Waals surface area contributed by atoms with Crippen LogP contribution in [0.3, 0.4) is 0 Å². The van der Waals surface area contributed by atoms with Crippen molar-refractivity contribution in [2.45, 2.75) is 32.1 Å². The molecule has 4 fully saturated rings. The van der Waals surface area contributed by atoms with Gasteiger partial charge in [-0.15, -0.1) is 0 Å². The van der Waals surface area contributed by atoms with Crippen molar-refractivity contribution in [3.8, 4) is 0 Å². The monoisotopic (exact) mass is 283 g/mol. The van der Waals surface area contributed by atoms with Crippen molar-refractivity contribution < 1.29 is 9.59 Å². The third kappa shape index (κ3) is 2.29. The summed E-state index contributed by atoms with van der Waals surface area (Å²) < 4.78 is 0. The van der Waals surface area contributed by atoms with E-state index in [-0.39, 0.29) is 11.8 Å². The molecule has 3 heteroatoms. The van der Waals surface area contributed by atoms with Gasteiger partial charge in [-0.2, -0.15) is 0 Å². The standard InChI is InChI=1S/C18H21NO2/c20-10-11-2-1-3-16(9-11)19-18(21)17-14-5-12-4-13(7-14)8-15(17)6-12/h1-3,9-10,12-15,17H,4-8H2,(H,19,21). The molecule has 1 aromatic rings. The first-order chi connectivity index (χ1) is 10.2. The van der Waals surface area contributed by atoms with E-state index in [1.807, 2.05) is 12.1 Å². The minimum Gasteiger partial charge on any atom is -0.326 e. The molecule has 21 heavy (non-hydrogen) atoms. The van der Waals surface area contributed by atoms with E-state index >= 15 is 0 Å². The van der Waals surface area contributed by atoms with E-state index in [1.165, 1.54) is 32.1 Å². The second-order valence-corrected chi connectivity index (χ2v) is 7.19. The average molecular weight is 283 g/mol. The number of hydrogen-bond acceptors (Lipinski definition) is 2. The molecular formula is C18H21NO2. The van der Waals surface area contributed by atoms with E-state index in [0.29, 0.717) is 17.4 Å². The molecule has 1 amide bonds. The first-order valence-electron chi connectivity index (χ1n) is 8.09. The van der Waals surface area contributed by atoms with Gasteiger partial charge in [0.25, 0.3) is 0 Å². The van der Waals surface area contributed by atoms with Crippen molar-refractivity contribution in [2.24, 2.45) is 29.6 Å². The highest BCUT2D eigenvalue weighted by Gasteiger charge is 2.50. The fourth-order valence-electron chi connectivity index (χ4n) is 5.27. The maximum atomic E-state index is 12.7. The number of aldehydes is 1. The molecule has 5 rings (SSSR count). The summed E-state index contributed by atoms with van der Waals surface area (Å²) in [6, 6.07) is 7.18. The Morgan fingerprint density at radius 3 is 2.33 bits per heavy atom. The molecule has 1 N–H and O–H groups in total. The van der Waals surface area contributed by atoms with Gasteiger partial charge in [0.2, 0.25) is 5.91 Å². The minimum absolute atomic E-state index is 0.173. The van der Waals surface area contributed by atoms with Crippen LogP contribution in [0, 0.1) is 29.6 Å². The van der Waals surface area contributed by atoms with Gasteiger partial charge in [0, 0.05) is 17.2 Å². The third-order valence-corrected chi connectivity index (χ3v) is 5.82. The molecule has 0 unspecified atom stereocenters. The molecule has 0 atom stereocenters. The Kier molecular flexibility index (Phi) is 3.09. The van der Waals surface area contributed by atoms with Crippen molar-refractivity contribution in [2.75, 3.05) is 5.32 Å². The van der Waals surface area contributed by atoms with Gasteiger partial charge in [0.1, 0.15) is 6.29 Å². The maximum absolute atomic E-state index is 12.7. The average Bonchev–Trinajstić information content (AvgIpc) is 2.46. The molecule has 4 saturated carbocycles. The summed E-state index contributed by atoms with van der Waals surface area (Å²) in [6.45, 7) is 0. The number of amides is 1. The molecule has 4 aliphatic rings. The van der Waals surface area contributed by atoms with Crippen LogP contribution in [-0.2, 0) is 4.79 Å². The normalized spacial score (nSPS) is 36.5. The smallest absolute Gasteiger partial charge is 0.228 e. The van der Waals surface area contributed by atoms with Crippen LogP contribution in [0.2, 0.25) is 0 Å². The van der Waals surface area contributed by atoms with Crippen molar-refractivity contribution in [1.82, 2.24) is 0 Å². The van der Waals surface area contributed by atoms with E-state index < -0.39 is 0 Å². The number of anilines is 1. The van der Waals surface area contributed by atoms with Gasteiger partial charge in [0.05, 0.1) is 0 Å². The molecular weight excluding hydrogens is 262 g/mol. The molecule has 4 aliphatic carbocycles. The van der Waals surface area contributed by atoms with Gasteiger partial charge in [0.15, 0.2) is 0 Å². The summed E-state index contributed by atoms with van der Waals surface area (Å²) in [5, 5.41) is 3.05. The molecule has 0 heterocycles. The van der Waals surface area contributed by atoms with Crippen molar-refractivity contribution in [3.05, 3.63) is 29.8 Å². The lowest BCUT2D eigenvalue weighted by atomic mass is 9.51. The Morgan fingerprint density at radius 2 is 1.71 bits per heavy atom. The first-order valence-corrected chi connectivity index (χ1v) is 8.09. The topological polar surface area (TPSA) is 46.2 Å². The number of rotatable bonds is 3. The zero-order valence-electron chi connectivity index (χ0n) is 12.1. The Balaban J connectivity index is 1.51. The summed E-state index contributed by atoms with van der Waals surface area (Å²) in [6.07, 6.45) is 7.22. The third-order valence-electron chi connectivity index (χ3n) is 5.82. The van der Waals surface area contributed by atoms with Crippen LogP contribution in [0.15, 0.2) is 24.3 Å². The molecule has 0 radical (unpaired) electrons. The second kappa shape index (κ2) is 4.97. The van der Waals surface area contributed by atoms with E-state index in [4.69, 9.17) is 0 Å². The van der Waals surface area contributed by atoms with Crippen LogP contribution in [0.5, 0.6) is 0 Å². The van der Waals surface area contributed by atoms with Crippen LogP contribution >= 0.6 is 0 Å². The Labute approximate surface area is 125 Å². The van der Waals surface area contributed by atoms with Gasteiger partial charge < -0.3 is 5.32 Å². The van der Waals surface area contributed by atoms with Crippen molar-refractivity contribution in [1.29, 1.82) is 0 Å². The Morgan fingerprint density at radius 1 is 1.05 bits per heavy atom. The van der Waals surface area contributed by atoms with E-state index in [2.05, 4.69) is 5.32 Å². The fourth-order valence-corrected chi connectivity index (χ4v) is 5.27. The molecule has 0 saturated heterocycles. The van der Waals surface area contributed by atoms with Crippen LogP contribution in [0.1, 0.15) is 42.5 Å². The Hall–Kier alpha value is -1.64. The molecule has 4 bridgehead atoms. The summed E-state index contributed by atoms with van der Waals surface area (Å²) in [5.41, 5.74) is 1.36. The van der Waals surface area contributed by atoms with Gasteiger partial charge in [-0.25, -0.2) is 0 Å². The van der Waals surface area contributed by atoms with Crippen molar-refractivity contribution >= 4 is 17.9 Å². The lowest BCUT2D eigenvalue weighted by Gasteiger charge is -2.53. The van der Waals surface area contributed by atoms with Crippen LogP contribution < -0.4 is 5.32 Å². The second-order valence-electron chi connectivity index (χ2n) is 7.19. The predicted molar refractivity (Wildman–Crippen MR) is 81.0 cm³/mol. The van der Waals surface area contributed by atoms with Crippen LogP contribution in [0.4, 0.5) is 5.69 Å². The van der Waals surface area contributed by atoms with Gasteiger partial charge >= 0.3 is 0 Å². The van der Waals surface area contributed by atoms with Gasteiger partial charge in [-0.3, -0.25) is 9.59 Å². The minimum atomic E-state index is 0.173. The summed E-state index contributed by atoms with van der Waals surface area (Å²) in [7, 11) is 0. The largest absolute Gasteiger partial charge is 0.326 e. The molecule has 3 nitrogen and oxygen atoms in total. The van der Waals surface area contributed by atoms with Crippen LogP contribution in [0.25, 0.3) is 0 Å². The highest BCUT2D eigenvalue weighted by atomic mass is 16.2. The predicted octanol–water partition coefficient (Wildman–Crippen LogP) is 3.51. The highest BCUT2D eigenvalue weighted by Crippen LogP contribution is 2.56. The first kappa shape index (κ1) is 13.1. The van der Waals surface area contributed by atoms with Crippen molar-refractivity contribution in [3.63, 3.8) is 0 Å². The van der Waals surface area contributed by atoms with E-state index in [9.17, 15) is 9.59 Å². The van der Waals surface area contributed by atoms with E-state index in [1.54, 1.807) is 12.1 Å². The van der Waals surface area contributed by atoms with Gasteiger partial charge in [-0.05, 0) is 67.9 Å². The summed E-state index contributed by atoms with van der Waals surface area (Å²) in [5.74, 6) is 3.32. The Bertz CT molecular complexity index is 552. The molecule has 0 spiro atoms. The number of benzene rings is 1. The fraction of sp³-hybridized carbons (Fsp3) is 0.556. The SMILES string of the molecule is O=Cc1cccc(NC(=O)C2C3CC4CC(C3)CC2C4)c1. The zero-order valence-corrected chi connectivity index (χ0v) is 12.1. The lowest BCUT2D eigenvalue weighted by Crippen LogP contribution is -2.49. The number of carbonyl (C=O) groups is 2.